The van der Waals surface area contributed by atoms with Crippen LogP contribution in [0.15, 0.2) is 18.5 Å². The predicted octanol–water partition coefficient (Wildman–Crippen LogP) is 0.613. The fourth-order valence-corrected chi connectivity index (χ4v) is 3.42. The summed E-state index contributed by atoms with van der Waals surface area (Å²) >= 11 is 0. The van der Waals surface area contributed by atoms with Crippen molar-refractivity contribution in [2.75, 3.05) is 52.6 Å². The molecule has 0 N–H and O–H groups in total. The maximum atomic E-state index is 12.8. The van der Waals surface area contributed by atoms with Gasteiger partial charge in [0.25, 0.3) is 0 Å². The molecule has 134 valence electrons. The minimum atomic E-state index is 0.160. The van der Waals surface area contributed by atoms with Crippen LogP contribution in [0.25, 0.3) is 0 Å². The third-order valence-corrected chi connectivity index (χ3v) is 4.79. The molecule has 0 atom stereocenters. The van der Waals surface area contributed by atoms with Crippen LogP contribution in [0.3, 0.4) is 0 Å². The summed E-state index contributed by atoms with van der Waals surface area (Å²) in [7, 11) is 0. The number of nitrogens with zero attached hydrogens (tertiary/aromatic N) is 4. The van der Waals surface area contributed by atoms with Gasteiger partial charge in [-0.3, -0.25) is 14.4 Å². The summed E-state index contributed by atoms with van der Waals surface area (Å²) < 4.78 is 12.6. The van der Waals surface area contributed by atoms with Crippen LogP contribution in [0, 0.1) is 0 Å². The molecule has 2 aliphatic rings. The molecule has 0 aliphatic carbocycles. The normalized spacial score (nSPS) is 20.2. The van der Waals surface area contributed by atoms with E-state index in [0.29, 0.717) is 12.6 Å². The molecule has 0 radical (unpaired) electrons. The summed E-state index contributed by atoms with van der Waals surface area (Å²) in [5.74, 6) is 0.160. The lowest BCUT2D eigenvalue weighted by atomic mass is 10.1. The van der Waals surface area contributed by atoms with Crippen molar-refractivity contribution in [3.8, 4) is 0 Å². The molecule has 1 aromatic heterocycles. The maximum absolute atomic E-state index is 12.8. The van der Waals surface area contributed by atoms with Gasteiger partial charge in [0.1, 0.15) is 6.54 Å². The van der Waals surface area contributed by atoms with Crippen molar-refractivity contribution in [3.63, 3.8) is 0 Å². The van der Waals surface area contributed by atoms with Crippen LogP contribution < -0.4 is 0 Å². The van der Waals surface area contributed by atoms with Crippen LogP contribution in [0.2, 0.25) is 0 Å². The third kappa shape index (κ3) is 5.03. The number of carbonyl (C=O) groups excluding carboxylic acids is 1. The van der Waals surface area contributed by atoms with E-state index in [1.807, 2.05) is 12.3 Å². The largest absolute Gasteiger partial charge is 0.381 e. The zero-order valence-corrected chi connectivity index (χ0v) is 14.3. The van der Waals surface area contributed by atoms with Crippen LogP contribution in [-0.4, -0.2) is 84.1 Å². The van der Waals surface area contributed by atoms with Crippen LogP contribution in [-0.2, 0) is 20.8 Å². The molecule has 24 heavy (non-hydrogen) atoms. The number of hydrogen-bond donors (Lipinski definition) is 0. The second-order valence-corrected chi connectivity index (χ2v) is 6.44. The topological polar surface area (TPSA) is 59.8 Å². The first-order valence-electron chi connectivity index (χ1n) is 8.97. The fourth-order valence-electron chi connectivity index (χ4n) is 3.42. The van der Waals surface area contributed by atoms with Gasteiger partial charge in [-0.1, -0.05) is 0 Å². The maximum Gasteiger partial charge on any atom is 0.244 e. The minimum Gasteiger partial charge on any atom is -0.381 e. The number of aromatic nitrogens is 2. The number of amides is 1. The summed E-state index contributed by atoms with van der Waals surface area (Å²) in [5.41, 5.74) is 0. The van der Waals surface area contributed by atoms with Crippen molar-refractivity contribution < 1.29 is 14.3 Å². The van der Waals surface area contributed by atoms with Crippen molar-refractivity contribution in [2.45, 2.75) is 31.8 Å². The molecule has 2 fully saturated rings. The molecular formula is C17H28N4O3. The summed E-state index contributed by atoms with van der Waals surface area (Å²) in [5, 5.41) is 4.16. The van der Waals surface area contributed by atoms with Gasteiger partial charge in [0.05, 0.1) is 13.2 Å². The highest BCUT2D eigenvalue weighted by molar-refractivity contribution is 5.76. The van der Waals surface area contributed by atoms with Gasteiger partial charge < -0.3 is 14.4 Å². The van der Waals surface area contributed by atoms with E-state index in [1.54, 1.807) is 10.9 Å². The van der Waals surface area contributed by atoms with Gasteiger partial charge in [0, 0.05) is 57.8 Å². The van der Waals surface area contributed by atoms with E-state index in [2.05, 4.69) is 14.9 Å². The van der Waals surface area contributed by atoms with Gasteiger partial charge >= 0.3 is 0 Å². The quantitative estimate of drug-likeness (QED) is 0.730. The number of rotatable bonds is 7. The number of morpholine rings is 1. The molecule has 0 spiro atoms. The van der Waals surface area contributed by atoms with Crippen molar-refractivity contribution >= 4 is 5.91 Å². The van der Waals surface area contributed by atoms with E-state index in [9.17, 15) is 4.79 Å². The monoisotopic (exact) mass is 336 g/mol. The molecule has 7 nitrogen and oxygen atoms in total. The SMILES string of the molecule is O=C(Cn1cccn1)N(CCCN1CCOCC1)C1CCOCC1. The standard InChI is InChI=1S/C17H28N4O3/c22-17(15-20-7-1-5-18-20)21(16-3-11-23-12-4-16)8-2-6-19-9-13-24-14-10-19/h1,5,7,16H,2-4,6,8-15H2. The molecule has 0 aromatic carbocycles. The summed E-state index contributed by atoms with van der Waals surface area (Å²) in [6.07, 6.45) is 6.42. The van der Waals surface area contributed by atoms with Crippen LogP contribution in [0.5, 0.6) is 0 Å². The Hall–Kier alpha value is -1.44. The lowest BCUT2D eigenvalue weighted by Gasteiger charge is -2.35. The van der Waals surface area contributed by atoms with E-state index in [4.69, 9.17) is 9.47 Å². The van der Waals surface area contributed by atoms with Gasteiger partial charge in [0.2, 0.25) is 5.91 Å². The molecule has 0 saturated carbocycles. The summed E-state index contributed by atoms with van der Waals surface area (Å²) in [6.45, 7) is 7.29. The number of carbonyl (C=O) groups is 1. The molecule has 3 rings (SSSR count). The second-order valence-electron chi connectivity index (χ2n) is 6.44. The first-order valence-corrected chi connectivity index (χ1v) is 8.97. The molecule has 1 amide bonds. The Morgan fingerprint density at radius 2 is 1.92 bits per heavy atom. The van der Waals surface area contributed by atoms with Crippen molar-refractivity contribution in [1.29, 1.82) is 0 Å². The highest BCUT2D eigenvalue weighted by Gasteiger charge is 2.26. The van der Waals surface area contributed by atoms with Crippen LogP contribution in [0.1, 0.15) is 19.3 Å². The second kappa shape index (κ2) is 9.15. The van der Waals surface area contributed by atoms with Gasteiger partial charge in [-0.15, -0.1) is 0 Å². The molecule has 2 aliphatic heterocycles. The van der Waals surface area contributed by atoms with Crippen molar-refractivity contribution in [1.82, 2.24) is 19.6 Å². The van der Waals surface area contributed by atoms with E-state index in [1.165, 1.54) is 0 Å². The lowest BCUT2D eigenvalue weighted by Crippen LogP contribution is -2.46. The summed E-state index contributed by atoms with van der Waals surface area (Å²) in [6, 6.07) is 2.15. The van der Waals surface area contributed by atoms with E-state index < -0.39 is 0 Å². The third-order valence-electron chi connectivity index (χ3n) is 4.79. The fraction of sp³-hybridized carbons (Fsp3) is 0.765. The van der Waals surface area contributed by atoms with Gasteiger partial charge in [-0.05, 0) is 25.3 Å². The van der Waals surface area contributed by atoms with E-state index in [-0.39, 0.29) is 5.91 Å². The molecule has 7 heteroatoms. The zero-order chi connectivity index (χ0) is 16.6. The van der Waals surface area contributed by atoms with Crippen molar-refractivity contribution in [2.24, 2.45) is 0 Å². The molecule has 0 bridgehead atoms. The van der Waals surface area contributed by atoms with Gasteiger partial charge in [0.15, 0.2) is 0 Å². The average molecular weight is 336 g/mol. The molecule has 1 aromatic rings. The van der Waals surface area contributed by atoms with Crippen LogP contribution in [0.4, 0.5) is 0 Å². The number of ether oxygens (including phenoxy) is 2. The van der Waals surface area contributed by atoms with Gasteiger partial charge in [-0.25, -0.2) is 0 Å². The minimum absolute atomic E-state index is 0.160. The Bertz CT molecular complexity index is 482. The Morgan fingerprint density at radius 1 is 1.17 bits per heavy atom. The van der Waals surface area contributed by atoms with Crippen LogP contribution >= 0.6 is 0 Å². The molecule has 3 heterocycles. The highest BCUT2D eigenvalue weighted by Crippen LogP contribution is 2.16. The molecule has 2 saturated heterocycles. The Morgan fingerprint density at radius 3 is 2.62 bits per heavy atom. The molecular weight excluding hydrogens is 308 g/mol. The zero-order valence-electron chi connectivity index (χ0n) is 14.3. The number of hydrogen-bond acceptors (Lipinski definition) is 5. The first-order chi connectivity index (χ1) is 11.8. The summed E-state index contributed by atoms with van der Waals surface area (Å²) in [4.78, 5) is 17.3. The predicted molar refractivity (Wildman–Crippen MR) is 89.7 cm³/mol. The smallest absolute Gasteiger partial charge is 0.244 e. The molecule has 0 unspecified atom stereocenters. The average Bonchev–Trinajstić information content (AvgIpc) is 3.13. The first kappa shape index (κ1) is 17.4. The Labute approximate surface area is 143 Å². The van der Waals surface area contributed by atoms with Crippen molar-refractivity contribution in [3.05, 3.63) is 18.5 Å². The van der Waals surface area contributed by atoms with E-state index >= 15 is 0 Å². The van der Waals surface area contributed by atoms with E-state index in [0.717, 1.165) is 71.9 Å². The Kier molecular flexibility index (Phi) is 6.63. The van der Waals surface area contributed by atoms with Gasteiger partial charge in [-0.2, -0.15) is 5.10 Å². The Balaban J connectivity index is 1.53. The lowest BCUT2D eigenvalue weighted by molar-refractivity contribution is -0.136. The highest BCUT2D eigenvalue weighted by atomic mass is 16.5.